The second-order valence-corrected chi connectivity index (χ2v) is 4.97. The van der Waals surface area contributed by atoms with Crippen LogP contribution in [0.25, 0.3) is 11.0 Å². The number of hydrogen-bond acceptors (Lipinski definition) is 3. The molecular weight excluding hydrogens is 224 g/mol. The Hall–Kier alpha value is -1.84. The average molecular weight is 244 g/mol. The predicted octanol–water partition coefficient (Wildman–Crippen LogP) is 3.01. The van der Waals surface area contributed by atoms with E-state index in [0.717, 1.165) is 30.4 Å². The number of hydrogen-bond donors (Lipinski definition) is 1. The molecule has 1 atom stereocenters. The van der Waals surface area contributed by atoms with Gasteiger partial charge in [0.05, 0.1) is 5.39 Å². The van der Waals surface area contributed by atoms with Gasteiger partial charge in [-0.25, -0.2) is 9.97 Å². The Bertz CT molecular complexity index is 558. The molecule has 0 aliphatic carbocycles. The number of aromatic nitrogens is 3. The zero-order chi connectivity index (χ0) is 13.2. The highest BCUT2D eigenvalue weighted by Crippen LogP contribution is 2.28. The molecule has 0 saturated heterocycles. The van der Waals surface area contributed by atoms with E-state index in [9.17, 15) is 0 Å². The van der Waals surface area contributed by atoms with Crippen LogP contribution in [0.4, 0.5) is 5.82 Å². The zero-order valence-corrected chi connectivity index (χ0v) is 11.1. The van der Waals surface area contributed by atoms with Crippen molar-refractivity contribution in [1.29, 1.82) is 0 Å². The summed E-state index contributed by atoms with van der Waals surface area (Å²) in [7, 11) is 0. The van der Waals surface area contributed by atoms with Gasteiger partial charge in [0.2, 0.25) is 0 Å². The summed E-state index contributed by atoms with van der Waals surface area (Å²) in [6.07, 6.45) is 7.71. The van der Waals surface area contributed by atoms with E-state index in [1.54, 1.807) is 0 Å². The molecule has 0 unspecified atom stereocenters. The first-order chi connectivity index (χ1) is 8.59. The summed E-state index contributed by atoms with van der Waals surface area (Å²) < 4.78 is 2.13. The summed E-state index contributed by atoms with van der Waals surface area (Å²) in [6.45, 7) is 9.26. The highest BCUT2D eigenvalue weighted by atomic mass is 15.1. The Kier molecular flexibility index (Phi) is 3.36. The number of rotatable bonds is 5. The largest absolute Gasteiger partial charge is 0.383 e. The molecule has 0 amide bonds. The maximum absolute atomic E-state index is 5.82. The Labute approximate surface area is 108 Å². The topological polar surface area (TPSA) is 56.7 Å². The normalized spacial score (nSPS) is 14.6. The van der Waals surface area contributed by atoms with E-state index in [4.69, 9.17) is 5.73 Å². The van der Waals surface area contributed by atoms with E-state index in [-0.39, 0.29) is 5.41 Å². The molecule has 0 aliphatic heterocycles. The minimum absolute atomic E-state index is 0.176. The lowest BCUT2D eigenvalue weighted by molar-refractivity contribution is 0.354. The molecule has 4 nitrogen and oxygen atoms in total. The van der Waals surface area contributed by atoms with Gasteiger partial charge in [-0.1, -0.05) is 19.9 Å². The lowest BCUT2D eigenvalue weighted by atomic mass is 9.84. The van der Waals surface area contributed by atoms with E-state index in [1.807, 2.05) is 18.3 Å². The molecule has 2 aromatic rings. The number of fused-ring (bicyclic) bond motifs is 1. The molecule has 0 aromatic carbocycles. The molecule has 96 valence electrons. The second-order valence-electron chi connectivity index (χ2n) is 4.97. The first kappa shape index (κ1) is 12.6. The molecular formula is C14H20N4. The average Bonchev–Trinajstić information content (AvgIpc) is 2.81. The van der Waals surface area contributed by atoms with Crippen molar-refractivity contribution in [1.82, 2.24) is 14.5 Å². The summed E-state index contributed by atoms with van der Waals surface area (Å²) in [6, 6.07) is 1.97. The molecule has 2 heterocycles. The maximum Gasteiger partial charge on any atom is 0.145 e. The fourth-order valence-electron chi connectivity index (χ4n) is 2.00. The van der Waals surface area contributed by atoms with Gasteiger partial charge >= 0.3 is 0 Å². The minimum atomic E-state index is 0.176. The molecule has 0 fully saturated rings. The van der Waals surface area contributed by atoms with Gasteiger partial charge in [0.15, 0.2) is 0 Å². The Morgan fingerprint density at radius 2 is 2.28 bits per heavy atom. The van der Waals surface area contributed by atoms with Crippen LogP contribution in [-0.2, 0) is 6.54 Å². The standard InChI is InChI=1S/C14H20N4/c1-4-14(3,5-2)7-9-18-8-6-11-12(15)16-10-17-13(11)18/h4,6,8,10H,1,5,7,9H2,2-3H3,(H2,15,16,17)/t14-/m0/s1. The quantitative estimate of drug-likeness (QED) is 0.822. The first-order valence-corrected chi connectivity index (χ1v) is 6.28. The summed E-state index contributed by atoms with van der Waals surface area (Å²) in [4.78, 5) is 8.30. The van der Waals surface area contributed by atoms with Gasteiger partial charge in [0, 0.05) is 12.7 Å². The van der Waals surface area contributed by atoms with Gasteiger partial charge in [-0.3, -0.25) is 0 Å². The Morgan fingerprint density at radius 1 is 1.50 bits per heavy atom. The van der Waals surface area contributed by atoms with E-state index >= 15 is 0 Å². The fraction of sp³-hybridized carbons (Fsp3) is 0.429. The van der Waals surface area contributed by atoms with Crippen molar-refractivity contribution in [2.24, 2.45) is 5.41 Å². The van der Waals surface area contributed by atoms with Crippen LogP contribution in [-0.4, -0.2) is 14.5 Å². The number of anilines is 1. The first-order valence-electron chi connectivity index (χ1n) is 6.28. The molecule has 18 heavy (non-hydrogen) atoms. The van der Waals surface area contributed by atoms with Crippen molar-refractivity contribution in [3.63, 3.8) is 0 Å². The third-order valence-electron chi connectivity index (χ3n) is 3.81. The van der Waals surface area contributed by atoms with Crippen molar-refractivity contribution in [2.45, 2.75) is 33.2 Å². The molecule has 2 aromatic heterocycles. The predicted molar refractivity (Wildman–Crippen MR) is 75.2 cm³/mol. The van der Waals surface area contributed by atoms with Gasteiger partial charge in [-0.15, -0.1) is 6.58 Å². The molecule has 2 N–H and O–H groups in total. The summed E-state index contributed by atoms with van der Waals surface area (Å²) >= 11 is 0. The number of allylic oxidation sites excluding steroid dienone is 1. The monoisotopic (exact) mass is 244 g/mol. The van der Waals surface area contributed by atoms with Crippen molar-refractivity contribution in [2.75, 3.05) is 5.73 Å². The smallest absolute Gasteiger partial charge is 0.145 e. The van der Waals surface area contributed by atoms with Crippen LogP contribution in [0.3, 0.4) is 0 Å². The van der Waals surface area contributed by atoms with Crippen LogP contribution < -0.4 is 5.73 Å². The van der Waals surface area contributed by atoms with Crippen molar-refractivity contribution < 1.29 is 0 Å². The highest BCUT2D eigenvalue weighted by Gasteiger charge is 2.18. The summed E-state index contributed by atoms with van der Waals surface area (Å²) in [5, 5.41) is 0.925. The number of nitrogens with two attached hydrogens (primary N) is 1. The fourth-order valence-corrected chi connectivity index (χ4v) is 2.00. The molecule has 4 heteroatoms. The van der Waals surface area contributed by atoms with Crippen LogP contribution >= 0.6 is 0 Å². The third kappa shape index (κ3) is 2.23. The van der Waals surface area contributed by atoms with Gasteiger partial charge in [-0.2, -0.15) is 0 Å². The zero-order valence-electron chi connectivity index (χ0n) is 11.1. The summed E-state index contributed by atoms with van der Waals surface area (Å²) in [5.41, 5.74) is 6.91. The molecule has 0 aliphatic rings. The minimum Gasteiger partial charge on any atom is -0.383 e. The van der Waals surface area contributed by atoms with E-state index in [1.165, 1.54) is 6.33 Å². The molecule has 0 saturated carbocycles. The second kappa shape index (κ2) is 4.80. The van der Waals surface area contributed by atoms with Crippen molar-refractivity contribution >= 4 is 16.9 Å². The Morgan fingerprint density at radius 3 is 2.94 bits per heavy atom. The number of nitrogen functional groups attached to an aromatic ring is 1. The SMILES string of the molecule is C=C[C@@](C)(CC)CCn1ccc2c(N)ncnc21. The van der Waals surface area contributed by atoms with Crippen LogP contribution in [0.15, 0.2) is 31.2 Å². The lowest BCUT2D eigenvalue weighted by Gasteiger charge is -2.24. The van der Waals surface area contributed by atoms with Gasteiger partial charge in [0.25, 0.3) is 0 Å². The van der Waals surface area contributed by atoms with Gasteiger partial charge in [-0.05, 0) is 24.3 Å². The summed E-state index contributed by atoms with van der Waals surface area (Å²) in [5.74, 6) is 0.542. The van der Waals surface area contributed by atoms with Crippen molar-refractivity contribution in [3.05, 3.63) is 31.2 Å². The maximum atomic E-state index is 5.82. The number of aryl methyl sites for hydroxylation is 1. The molecule has 0 bridgehead atoms. The highest BCUT2D eigenvalue weighted by molar-refractivity contribution is 5.85. The third-order valence-corrected chi connectivity index (χ3v) is 3.81. The lowest BCUT2D eigenvalue weighted by Crippen LogP contribution is -2.14. The van der Waals surface area contributed by atoms with Crippen LogP contribution in [0, 0.1) is 5.41 Å². The molecule has 2 rings (SSSR count). The van der Waals surface area contributed by atoms with Crippen molar-refractivity contribution in [3.8, 4) is 0 Å². The number of nitrogens with zero attached hydrogens (tertiary/aromatic N) is 3. The van der Waals surface area contributed by atoms with E-state index in [2.05, 4.69) is 35.0 Å². The molecule has 0 radical (unpaired) electrons. The molecule has 0 spiro atoms. The van der Waals surface area contributed by atoms with Gasteiger partial charge in [0.1, 0.15) is 17.8 Å². The van der Waals surface area contributed by atoms with Crippen LogP contribution in [0.1, 0.15) is 26.7 Å². The van der Waals surface area contributed by atoms with Gasteiger partial charge < -0.3 is 10.3 Å². The van der Waals surface area contributed by atoms with Crippen LogP contribution in [0.2, 0.25) is 0 Å². The van der Waals surface area contributed by atoms with Crippen LogP contribution in [0.5, 0.6) is 0 Å². The van der Waals surface area contributed by atoms with E-state index < -0.39 is 0 Å². The van der Waals surface area contributed by atoms with E-state index in [0.29, 0.717) is 5.82 Å². The Balaban J connectivity index is 2.23.